The smallest absolute Gasteiger partial charge is 0.412 e. The van der Waals surface area contributed by atoms with E-state index in [0.717, 1.165) is 5.69 Å². The van der Waals surface area contributed by atoms with E-state index in [0.29, 0.717) is 28.2 Å². The standard InChI is InChI=1S/C21H22ClN3O5S/c1-27-15-8-6-14(7-9-15)24-21(26)30-17-11-29-18-16(10-28-19(17)18)25-20(31)23-13-4-2-12(22)3-5-13/h2-9,16-19H,10-11H2,1H3,(H,24,26)(H2,23,25,31). The van der Waals surface area contributed by atoms with Crippen molar-refractivity contribution in [2.24, 2.45) is 0 Å². The third-order valence-corrected chi connectivity index (χ3v) is 5.49. The molecule has 4 atom stereocenters. The van der Waals surface area contributed by atoms with Gasteiger partial charge in [-0.2, -0.15) is 0 Å². The van der Waals surface area contributed by atoms with Crippen LogP contribution in [0.4, 0.5) is 16.2 Å². The largest absolute Gasteiger partial charge is 0.497 e. The number of halogens is 1. The predicted octanol–water partition coefficient (Wildman–Crippen LogP) is 3.42. The van der Waals surface area contributed by atoms with E-state index in [9.17, 15) is 4.79 Å². The van der Waals surface area contributed by atoms with Gasteiger partial charge in [0, 0.05) is 16.4 Å². The first-order valence-electron chi connectivity index (χ1n) is 9.70. The van der Waals surface area contributed by atoms with E-state index in [4.69, 9.17) is 42.8 Å². The number of amides is 1. The quantitative estimate of drug-likeness (QED) is 0.581. The zero-order valence-electron chi connectivity index (χ0n) is 16.7. The predicted molar refractivity (Wildman–Crippen MR) is 121 cm³/mol. The van der Waals surface area contributed by atoms with Gasteiger partial charge in [-0.05, 0) is 60.7 Å². The number of methoxy groups -OCH3 is 1. The lowest BCUT2D eigenvalue weighted by molar-refractivity contribution is 0.00880. The van der Waals surface area contributed by atoms with E-state index in [1.54, 1.807) is 43.5 Å². The van der Waals surface area contributed by atoms with Crippen LogP contribution < -0.4 is 20.7 Å². The minimum absolute atomic E-state index is 0.157. The Bertz CT molecular complexity index is 928. The van der Waals surface area contributed by atoms with Crippen LogP contribution in [0.2, 0.25) is 5.02 Å². The van der Waals surface area contributed by atoms with Gasteiger partial charge in [-0.1, -0.05) is 11.6 Å². The topological polar surface area (TPSA) is 90.1 Å². The van der Waals surface area contributed by atoms with Crippen molar-refractivity contribution in [2.45, 2.75) is 24.4 Å². The molecule has 2 aromatic rings. The first-order chi connectivity index (χ1) is 15.0. The summed E-state index contributed by atoms with van der Waals surface area (Å²) in [6, 6.07) is 14.0. The molecule has 0 bridgehead atoms. The van der Waals surface area contributed by atoms with Crippen molar-refractivity contribution in [3.63, 3.8) is 0 Å². The number of hydrogen-bond acceptors (Lipinski definition) is 6. The van der Waals surface area contributed by atoms with Crippen LogP contribution in [0, 0.1) is 0 Å². The molecule has 4 rings (SSSR count). The van der Waals surface area contributed by atoms with Crippen molar-refractivity contribution >= 4 is 46.4 Å². The summed E-state index contributed by atoms with van der Waals surface area (Å²) in [5.41, 5.74) is 1.42. The Kier molecular flexibility index (Phi) is 6.77. The fourth-order valence-electron chi connectivity index (χ4n) is 3.52. The molecule has 2 aliphatic rings. The van der Waals surface area contributed by atoms with Gasteiger partial charge < -0.3 is 29.6 Å². The molecule has 10 heteroatoms. The molecule has 2 saturated heterocycles. The second-order valence-corrected chi connectivity index (χ2v) is 7.95. The van der Waals surface area contributed by atoms with E-state index in [-0.39, 0.29) is 24.9 Å². The summed E-state index contributed by atoms with van der Waals surface area (Å²) in [5, 5.41) is 10.1. The summed E-state index contributed by atoms with van der Waals surface area (Å²) < 4.78 is 22.3. The van der Waals surface area contributed by atoms with Crippen molar-refractivity contribution in [1.82, 2.24) is 5.32 Å². The molecule has 4 unspecified atom stereocenters. The normalized spacial score (nSPS) is 24.2. The highest BCUT2D eigenvalue weighted by molar-refractivity contribution is 7.80. The van der Waals surface area contributed by atoms with Gasteiger partial charge in [0.2, 0.25) is 0 Å². The summed E-state index contributed by atoms with van der Waals surface area (Å²) in [4.78, 5) is 12.3. The van der Waals surface area contributed by atoms with E-state index in [2.05, 4.69) is 16.0 Å². The van der Waals surface area contributed by atoms with E-state index < -0.39 is 12.2 Å². The summed E-state index contributed by atoms with van der Waals surface area (Å²) in [7, 11) is 1.58. The van der Waals surface area contributed by atoms with Gasteiger partial charge in [-0.15, -0.1) is 0 Å². The highest BCUT2D eigenvalue weighted by Crippen LogP contribution is 2.29. The van der Waals surface area contributed by atoms with E-state index in [1.165, 1.54) is 0 Å². The fourth-order valence-corrected chi connectivity index (χ4v) is 3.91. The third-order valence-electron chi connectivity index (χ3n) is 5.02. The van der Waals surface area contributed by atoms with Gasteiger partial charge >= 0.3 is 6.09 Å². The Hall–Kier alpha value is -2.59. The van der Waals surface area contributed by atoms with Gasteiger partial charge in [0.05, 0.1) is 26.4 Å². The fraction of sp³-hybridized carbons (Fsp3) is 0.333. The molecule has 0 spiro atoms. The van der Waals surface area contributed by atoms with E-state index in [1.807, 2.05) is 12.1 Å². The number of hydrogen-bond donors (Lipinski definition) is 3. The van der Waals surface area contributed by atoms with Crippen LogP contribution in [0.15, 0.2) is 48.5 Å². The molecule has 31 heavy (non-hydrogen) atoms. The maximum atomic E-state index is 12.3. The molecule has 3 N–H and O–H groups in total. The minimum atomic E-state index is -0.570. The maximum absolute atomic E-state index is 12.3. The van der Waals surface area contributed by atoms with Crippen LogP contribution in [-0.4, -0.2) is 55.9 Å². The molecule has 0 radical (unpaired) electrons. The van der Waals surface area contributed by atoms with Gasteiger partial charge in [-0.25, -0.2) is 4.79 Å². The van der Waals surface area contributed by atoms with Crippen molar-refractivity contribution in [3.05, 3.63) is 53.6 Å². The monoisotopic (exact) mass is 463 g/mol. The molecule has 0 saturated carbocycles. The number of ether oxygens (including phenoxy) is 4. The van der Waals surface area contributed by atoms with Gasteiger partial charge in [-0.3, -0.25) is 5.32 Å². The lowest BCUT2D eigenvalue weighted by atomic mass is 10.1. The van der Waals surface area contributed by atoms with Gasteiger partial charge in [0.1, 0.15) is 18.0 Å². The molecule has 0 aliphatic carbocycles. The van der Waals surface area contributed by atoms with Crippen LogP contribution in [0.3, 0.4) is 0 Å². The molecule has 8 nitrogen and oxygen atoms in total. The van der Waals surface area contributed by atoms with Crippen molar-refractivity contribution in [3.8, 4) is 5.75 Å². The molecule has 2 fully saturated rings. The SMILES string of the molecule is COc1ccc(NC(=O)OC2COC3C(NC(=S)Nc4ccc(Cl)cc4)COC23)cc1. The van der Waals surface area contributed by atoms with Crippen molar-refractivity contribution in [2.75, 3.05) is 31.0 Å². The number of benzene rings is 2. The van der Waals surface area contributed by atoms with Crippen LogP contribution in [0.5, 0.6) is 5.75 Å². The maximum Gasteiger partial charge on any atom is 0.412 e. The number of carbonyl (C=O) groups is 1. The summed E-state index contributed by atoms with van der Waals surface area (Å²) in [6.07, 6.45) is -1.71. The molecular formula is C21H22ClN3O5S. The van der Waals surface area contributed by atoms with E-state index >= 15 is 0 Å². The van der Waals surface area contributed by atoms with Crippen molar-refractivity contribution < 1.29 is 23.7 Å². The molecule has 2 heterocycles. The Morgan fingerprint density at radius 2 is 1.65 bits per heavy atom. The van der Waals surface area contributed by atoms with Crippen molar-refractivity contribution in [1.29, 1.82) is 0 Å². The highest BCUT2D eigenvalue weighted by atomic mass is 35.5. The Labute approximate surface area is 190 Å². The summed E-state index contributed by atoms with van der Waals surface area (Å²) >= 11 is 11.3. The second-order valence-electron chi connectivity index (χ2n) is 7.11. The lowest BCUT2D eigenvalue weighted by Gasteiger charge is -2.20. The summed E-state index contributed by atoms with van der Waals surface area (Å²) in [5.74, 6) is 0.701. The highest BCUT2D eigenvalue weighted by Gasteiger charge is 2.49. The van der Waals surface area contributed by atoms with Crippen LogP contribution in [0.1, 0.15) is 0 Å². The van der Waals surface area contributed by atoms with Gasteiger partial charge in [0.25, 0.3) is 0 Å². The third kappa shape index (κ3) is 5.37. The Morgan fingerprint density at radius 3 is 2.35 bits per heavy atom. The number of anilines is 2. The number of thiocarbonyl (C=S) groups is 1. The lowest BCUT2D eigenvalue weighted by Crippen LogP contribution is -2.46. The van der Waals surface area contributed by atoms with Gasteiger partial charge in [0.15, 0.2) is 11.2 Å². The zero-order valence-corrected chi connectivity index (χ0v) is 18.2. The molecule has 1 amide bonds. The van der Waals surface area contributed by atoms with Crippen LogP contribution in [-0.2, 0) is 14.2 Å². The average Bonchev–Trinajstić information content (AvgIpc) is 3.34. The Balaban J connectivity index is 1.26. The first kappa shape index (κ1) is 21.6. The molecule has 2 aromatic carbocycles. The second kappa shape index (κ2) is 9.69. The molecule has 164 valence electrons. The number of rotatable bonds is 5. The minimum Gasteiger partial charge on any atom is -0.497 e. The average molecular weight is 464 g/mol. The van der Waals surface area contributed by atoms with Crippen LogP contribution in [0.25, 0.3) is 0 Å². The molecule has 0 aromatic heterocycles. The number of fused-ring (bicyclic) bond motifs is 1. The molecule has 2 aliphatic heterocycles. The number of nitrogens with one attached hydrogen (secondary N) is 3. The summed E-state index contributed by atoms with van der Waals surface area (Å²) in [6.45, 7) is 0.638. The molecular weight excluding hydrogens is 442 g/mol. The zero-order chi connectivity index (χ0) is 21.8. The first-order valence-corrected chi connectivity index (χ1v) is 10.5. The Morgan fingerprint density at radius 1 is 1.00 bits per heavy atom. The van der Waals surface area contributed by atoms with Crippen LogP contribution >= 0.6 is 23.8 Å². The number of carbonyl (C=O) groups excluding carboxylic acids is 1.